The Hall–Kier alpha value is -3.04. The van der Waals surface area contributed by atoms with E-state index in [9.17, 15) is 0 Å². The minimum Gasteiger partial charge on any atom is -0.309 e. The van der Waals surface area contributed by atoms with E-state index in [2.05, 4.69) is 95.6 Å². The molecular formula is C33H30N2S. The van der Waals surface area contributed by atoms with Crippen molar-refractivity contribution in [3.63, 3.8) is 0 Å². The van der Waals surface area contributed by atoms with Crippen molar-refractivity contribution in [3.05, 3.63) is 117 Å². The summed E-state index contributed by atoms with van der Waals surface area (Å²) in [5.41, 5.74) is 12.5. The summed E-state index contributed by atoms with van der Waals surface area (Å²) in [6.07, 6.45) is 21.0. The van der Waals surface area contributed by atoms with E-state index in [1.807, 2.05) is 0 Å². The van der Waals surface area contributed by atoms with Gasteiger partial charge in [-0.1, -0.05) is 66.8 Å². The number of aliphatic imine (C=N–C) groups is 1. The highest BCUT2D eigenvalue weighted by atomic mass is 32.2. The van der Waals surface area contributed by atoms with E-state index in [0.717, 1.165) is 25.8 Å². The van der Waals surface area contributed by atoms with E-state index in [1.165, 1.54) is 70.7 Å². The van der Waals surface area contributed by atoms with Gasteiger partial charge in [0.15, 0.2) is 0 Å². The number of thioether (sulfide) groups is 1. The van der Waals surface area contributed by atoms with Crippen molar-refractivity contribution in [1.82, 2.24) is 0 Å². The number of nitrogens with zero attached hydrogens (tertiary/aromatic N) is 2. The zero-order valence-electron chi connectivity index (χ0n) is 20.5. The second-order valence-corrected chi connectivity index (χ2v) is 12.0. The summed E-state index contributed by atoms with van der Waals surface area (Å²) in [7, 11) is 0. The third-order valence-electron chi connectivity index (χ3n) is 8.74. The number of benzene rings is 2. The lowest BCUT2D eigenvalue weighted by atomic mass is 9.57. The van der Waals surface area contributed by atoms with Gasteiger partial charge in [-0.2, -0.15) is 0 Å². The Bertz CT molecular complexity index is 1470. The van der Waals surface area contributed by atoms with Gasteiger partial charge in [0.05, 0.1) is 23.4 Å². The Kier molecular flexibility index (Phi) is 4.67. The molecule has 0 fully saturated rings. The van der Waals surface area contributed by atoms with E-state index < -0.39 is 0 Å². The maximum Gasteiger partial charge on any atom is 0.0818 e. The van der Waals surface area contributed by atoms with Gasteiger partial charge < -0.3 is 4.90 Å². The van der Waals surface area contributed by atoms with Crippen LogP contribution in [0.25, 0.3) is 0 Å². The third-order valence-corrected chi connectivity index (χ3v) is 10.1. The lowest BCUT2D eigenvalue weighted by Gasteiger charge is -2.53. The molecule has 3 aliphatic carbocycles. The van der Waals surface area contributed by atoms with E-state index in [0.29, 0.717) is 5.25 Å². The standard InChI is InChI=1S/C33H30N2S/c1-2-9-23(10-3-1)35-30-15-6-4-12-26(30)33(28-14-8-11-25(32(28)35)29-21-34-29)22-17-19-24(20-18-22)36-31-16-7-5-13-27(31)33/h1-3,8-12,14-15,17-19,24H,4-7,13,16,20-21H2. The lowest BCUT2D eigenvalue weighted by Crippen LogP contribution is -2.45. The van der Waals surface area contributed by atoms with Crippen LogP contribution in [-0.2, 0) is 5.41 Å². The van der Waals surface area contributed by atoms with Gasteiger partial charge in [0.1, 0.15) is 0 Å². The van der Waals surface area contributed by atoms with Crippen molar-refractivity contribution < 1.29 is 0 Å². The first-order valence-electron chi connectivity index (χ1n) is 13.6. The smallest absolute Gasteiger partial charge is 0.0818 e. The fraction of sp³-hybridized carbons (Fsp3) is 0.303. The second kappa shape index (κ2) is 7.98. The first kappa shape index (κ1) is 21.1. The minimum absolute atomic E-state index is 0.205. The molecule has 2 nitrogen and oxygen atoms in total. The van der Waals surface area contributed by atoms with Crippen LogP contribution in [0.5, 0.6) is 0 Å². The van der Waals surface area contributed by atoms with Gasteiger partial charge in [-0.25, -0.2) is 0 Å². The summed E-state index contributed by atoms with van der Waals surface area (Å²) in [5, 5.41) is 0.584. The molecule has 7 aliphatic rings. The fourth-order valence-electron chi connectivity index (χ4n) is 7.22. The highest BCUT2D eigenvalue weighted by Gasteiger charge is 2.53. The molecule has 36 heavy (non-hydrogen) atoms. The molecule has 0 radical (unpaired) electrons. The van der Waals surface area contributed by atoms with Crippen LogP contribution in [0.3, 0.4) is 0 Å². The molecule has 2 bridgehead atoms. The number of anilines is 2. The fourth-order valence-corrected chi connectivity index (χ4v) is 8.60. The zero-order valence-corrected chi connectivity index (χ0v) is 21.4. The Morgan fingerprint density at radius 3 is 2.61 bits per heavy atom. The number of hydrogen-bond donors (Lipinski definition) is 0. The lowest BCUT2D eigenvalue weighted by molar-refractivity contribution is 0.576. The Morgan fingerprint density at radius 1 is 0.917 bits per heavy atom. The van der Waals surface area contributed by atoms with Crippen molar-refractivity contribution in [2.24, 2.45) is 4.99 Å². The molecule has 9 rings (SSSR count). The molecule has 3 heteroatoms. The third kappa shape index (κ3) is 2.90. The molecule has 0 N–H and O–H groups in total. The normalized spacial score (nSPS) is 27.8. The molecule has 0 saturated carbocycles. The predicted molar refractivity (Wildman–Crippen MR) is 152 cm³/mol. The maximum absolute atomic E-state index is 4.72. The van der Waals surface area contributed by atoms with Gasteiger partial charge in [0, 0.05) is 22.2 Å². The average Bonchev–Trinajstić information content (AvgIpc) is 3.77. The summed E-state index contributed by atoms with van der Waals surface area (Å²) in [4.78, 5) is 8.95. The number of allylic oxidation sites excluding steroid dienone is 8. The van der Waals surface area contributed by atoms with Gasteiger partial charge in [-0.15, -0.1) is 11.8 Å². The van der Waals surface area contributed by atoms with E-state index in [4.69, 9.17) is 4.99 Å². The average molecular weight is 487 g/mol. The van der Waals surface area contributed by atoms with Crippen LogP contribution in [0.1, 0.15) is 56.1 Å². The monoisotopic (exact) mass is 486 g/mol. The van der Waals surface area contributed by atoms with Crippen LogP contribution in [0, 0.1) is 0 Å². The first-order valence-corrected chi connectivity index (χ1v) is 14.4. The van der Waals surface area contributed by atoms with Crippen molar-refractivity contribution in [2.45, 2.75) is 55.6 Å². The Labute approximate surface area is 217 Å². The summed E-state index contributed by atoms with van der Waals surface area (Å²) >= 11 is 2.15. The van der Waals surface area contributed by atoms with Crippen LogP contribution in [0.15, 0.2) is 111 Å². The summed E-state index contributed by atoms with van der Waals surface area (Å²) in [6.45, 7) is 0.863. The molecule has 2 aromatic carbocycles. The van der Waals surface area contributed by atoms with Gasteiger partial charge in [0.25, 0.3) is 0 Å². The van der Waals surface area contributed by atoms with Gasteiger partial charge in [-0.3, -0.25) is 4.99 Å². The van der Waals surface area contributed by atoms with Crippen LogP contribution in [0.4, 0.5) is 11.4 Å². The van der Waals surface area contributed by atoms with Crippen molar-refractivity contribution in [3.8, 4) is 0 Å². The van der Waals surface area contributed by atoms with E-state index in [-0.39, 0.29) is 5.41 Å². The molecule has 2 unspecified atom stereocenters. The molecule has 178 valence electrons. The highest BCUT2D eigenvalue weighted by Crippen LogP contribution is 2.63. The molecular weight excluding hydrogens is 456 g/mol. The number of hydrogen-bond acceptors (Lipinski definition) is 3. The summed E-state index contributed by atoms with van der Waals surface area (Å²) in [5.74, 6) is 0. The van der Waals surface area contributed by atoms with Crippen LogP contribution in [0.2, 0.25) is 0 Å². The Morgan fingerprint density at radius 2 is 1.78 bits per heavy atom. The summed E-state index contributed by atoms with van der Waals surface area (Å²) in [6, 6.07) is 18.0. The topological polar surface area (TPSA) is 15.6 Å². The molecule has 2 aromatic rings. The molecule has 1 spiro atoms. The molecule has 4 aliphatic heterocycles. The first-order chi connectivity index (χ1) is 17.9. The van der Waals surface area contributed by atoms with Crippen molar-refractivity contribution in [2.75, 3.05) is 11.4 Å². The molecule has 2 atom stereocenters. The van der Waals surface area contributed by atoms with Gasteiger partial charge >= 0.3 is 0 Å². The highest BCUT2D eigenvalue weighted by molar-refractivity contribution is 8.03. The second-order valence-electron chi connectivity index (χ2n) is 10.7. The summed E-state index contributed by atoms with van der Waals surface area (Å²) < 4.78 is 0. The number of rotatable bonds is 2. The van der Waals surface area contributed by atoms with E-state index in [1.54, 1.807) is 10.5 Å². The molecule has 4 heterocycles. The Balaban J connectivity index is 1.53. The SMILES string of the molecule is C1=CC2CC=C1C1(C3=CCCC=C3N(c3ccccc3)c3c(C4=NC4)cccc31)C1=C(CCCC1)S2. The zero-order chi connectivity index (χ0) is 23.7. The molecule has 0 aromatic heterocycles. The maximum atomic E-state index is 4.72. The molecule has 0 saturated heterocycles. The van der Waals surface area contributed by atoms with Crippen molar-refractivity contribution >= 4 is 28.8 Å². The number of fused-ring (bicyclic) bond motifs is 3. The van der Waals surface area contributed by atoms with Crippen LogP contribution < -0.4 is 4.90 Å². The predicted octanol–water partition coefficient (Wildman–Crippen LogP) is 8.31. The largest absolute Gasteiger partial charge is 0.309 e. The van der Waals surface area contributed by atoms with Crippen molar-refractivity contribution in [1.29, 1.82) is 0 Å². The van der Waals surface area contributed by atoms with Crippen LogP contribution >= 0.6 is 11.8 Å². The molecule has 0 amide bonds. The quantitative estimate of drug-likeness (QED) is 0.424. The van der Waals surface area contributed by atoms with Gasteiger partial charge in [-0.05, 0) is 84.3 Å². The van der Waals surface area contributed by atoms with Gasteiger partial charge in [0.2, 0.25) is 0 Å². The number of para-hydroxylation sites is 2. The minimum atomic E-state index is -0.205. The van der Waals surface area contributed by atoms with Crippen LogP contribution in [-0.4, -0.2) is 17.5 Å². The van der Waals surface area contributed by atoms with E-state index >= 15 is 0 Å².